The van der Waals surface area contributed by atoms with Gasteiger partial charge in [-0.2, -0.15) is 0 Å². The normalized spacial score (nSPS) is 25.0. The van der Waals surface area contributed by atoms with Gasteiger partial charge in [-0.3, -0.25) is 0 Å². The van der Waals surface area contributed by atoms with Crippen molar-refractivity contribution >= 4 is 19.9 Å². The van der Waals surface area contributed by atoms with Gasteiger partial charge in [-0.15, -0.1) is 0 Å². The Morgan fingerprint density at radius 2 is 1.94 bits per heavy atom. The molecule has 1 heterocycles. The summed E-state index contributed by atoms with van der Waals surface area (Å²) in [7, 11) is -6.16. The Morgan fingerprint density at radius 1 is 1.35 bits per heavy atom. The number of hydrogen-bond acceptors (Lipinski definition) is 5. The van der Waals surface area contributed by atoms with Crippen molar-refractivity contribution in [2.45, 2.75) is 31.8 Å². The van der Waals surface area contributed by atoms with Crippen molar-refractivity contribution in [2.75, 3.05) is 24.3 Å². The van der Waals surface area contributed by atoms with Gasteiger partial charge >= 0.3 is 0 Å². The molecule has 0 bridgehead atoms. The molecule has 0 amide bonds. The Morgan fingerprint density at radius 3 is 2.35 bits per heavy atom. The van der Waals surface area contributed by atoms with Crippen LogP contribution >= 0.6 is 0 Å². The number of sulfonamides is 1. The monoisotopic (exact) mass is 284 g/mol. The lowest BCUT2D eigenvalue weighted by atomic mass is 10.1. The zero-order valence-corrected chi connectivity index (χ0v) is 12.0. The molecule has 0 aromatic carbocycles. The molecule has 1 aliphatic rings. The molecule has 6 nitrogen and oxygen atoms in total. The van der Waals surface area contributed by atoms with Crippen molar-refractivity contribution in [3.8, 4) is 0 Å². The summed E-state index contributed by atoms with van der Waals surface area (Å²) in [6, 6.07) is -0.0689. The van der Waals surface area contributed by atoms with Gasteiger partial charge in [-0.05, 0) is 20.3 Å². The van der Waals surface area contributed by atoms with E-state index >= 15 is 0 Å². The molecule has 1 fully saturated rings. The summed E-state index contributed by atoms with van der Waals surface area (Å²) < 4.78 is 47.2. The molecular weight excluding hydrogens is 264 g/mol. The van der Waals surface area contributed by atoms with Crippen LogP contribution in [-0.2, 0) is 19.9 Å². The van der Waals surface area contributed by atoms with Gasteiger partial charge < -0.3 is 5.32 Å². The quantitative estimate of drug-likeness (QED) is 0.682. The predicted octanol–water partition coefficient (Wildman–Crippen LogP) is -0.909. The lowest BCUT2D eigenvalue weighted by Gasteiger charge is -2.27. The van der Waals surface area contributed by atoms with Crippen LogP contribution in [0.5, 0.6) is 0 Å². The van der Waals surface area contributed by atoms with Gasteiger partial charge in [0.25, 0.3) is 0 Å². The van der Waals surface area contributed by atoms with Gasteiger partial charge in [0.15, 0.2) is 9.84 Å². The fraction of sp³-hybridized carbons (Fsp3) is 1.00. The highest BCUT2D eigenvalue weighted by Crippen LogP contribution is 2.12. The predicted molar refractivity (Wildman–Crippen MR) is 67.1 cm³/mol. The van der Waals surface area contributed by atoms with Crippen LogP contribution < -0.4 is 10.0 Å². The molecular formula is C9H20N2O4S2. The lowest BCUT2D eigenvalue weighted by Crippen LogP contribution is -2.52. The summed E-state index contributed by atoms with van der Waals surface area (Å²) in [4.78, 5) is 0. The van der Waals surface area contributed by atoms with Crippen molar-refractivity contribution in [2.24, 2.45) is 0 Å². The third kappa shape index (κ3) is 5.80. The average molecular weight is 284 g/mol. The van der Waals surface area contributed by atoms with Crippen LogP contribution in [0.15, 0.2) is 0 Å². The lowest BCUT2D eigenvalue weighted by molar-refractivity contribution is 0.397. The molecule has 0 radical (unpaired) electrons. The van der Waals surface area contributed by atoms with E-state index in [0.717, 1.165) is 6.26 Å². The summed E-state index contributed by atoms with van der Waals surface area (Å²) in [6.45, 7) is 3.91. The van der Waals surface area contributed by atoms with Crippen LogP contribution in [0.3, 0.4) is 0 Å². The number of nitrogens with one attached hydrogen (secondary N) is 2. The van der Waals surface area contributed by atoms with E-state index in [-0.39, 0.29) is 17.5 Å². The molecule has 0 spiro atoms. The molecule has 102 valence electrons. The van der Waals surface area contributed by atoms with E-state index in [2.05, 4.69) is 10.0 Å². The Bertz CT molecular complexity index is 467. The Kier molecular flexibility index (Phi) is 4.23. The topological polar surface area (TPSA) is 92.3 Å². The molecule has 17 heavy (non-hydrogen) atoms. The van der Waals surface area contributed by atoms with E-state index in [4.69, 9.17) is 0 Å². The van der Waals surface area contributed by atoms with Crippen LogP contribution in [0.1, 0.15) is 20.3 Å². The second-order valence-corrected chi connectivity index (χ2v) is 9.22. The molecule has 0 saturated carbocycles. The highest BCUT2D eigenvalue weighted by Gasteiger charge is 2.30. The van der Waals surface area contributed by atoms with Crippen LogP contribution in [0.25, 0.3) is 0 Å². The minimum absolute atomic E-state index is 0.0689. The highest BCUT2D eigenvalue weighted by atomic mass is 32.2. The van der Waals surface area contributed by atoms with E-state index in [9.17, 15) is 16.8 Å². The standard InChI is InChI=1S/C9H20N2O4S2/c1-9(2,11-16(3,12)13)7-10-8-4-5-17(14,15)6-8/h8,10-11H,4-7H2,1-3H3. The van der Waals surface area contributed by atoms with Crippen molar-refractivity contribution in [1.82, 2.24) is 10.0 Å². The fourth-order valence-electron chi connectivity index (χ4n) is 1.89. The molecule has 0 aromatic heterocycles. The van der Waals surface area contributed by atoms with Gasteiger partial charge in [0.05, 0.1) is 17.8 Å². The van der Waals surface area contributed by atoms with Gasteiger partial charge in [0.1, 0.15) is 0 Å². The Hall–Kier alpha value is -0.180. The summed E-state index contributed by atoms with van der Waals surface area (Å²) in [6.07, 6.45) is 1.70. The largest absolute Gasteiger partial charge is 0.311 e. The third-order valence-corrected chi connectivity index (χ3v) is 5.22. The third-order valence-electron chi connectivity index (χ3n) is 2.53. The summed E-state index contributed by atoms with van der Waals surface area (Å²) in [5.74, 6) is 0.354. The molecule has 2 N–H and O–H groups in total. The first-order valence-corrected chi connectivity index (χ1v) is 9.13. The van der Waals surface area contributed by atoms with E-state index in [0.29, 0.717) is 13.0 Å². The molecule has 0 aromatic rings. The van der Waals surface area contributed by atoms with Gasteiger partial charge in [-0.25, -0.2) is 21.6 Å². The first kappa shape index (κ1) is 14.9. The average Bonchev–Trinajstić information content (AvgIpc) is 2.38. The summed E-state index contributed by atoms with van der Waals surface area (Å²) >= 11 is 0. The minimum atomic E-state index is -3.26. The maximum atomic E-state index is 11.2. The van der Waals surface area contributed by atoms with Crippen LogP contribution in [-0.4, -0.2) is 52.7 Å². The van der Waals surface area contributed by atoms with Crippen LogP contribution in [0.2, 0.25) is 0 Å². The van der Waals surface area contributed by atoms with Crippen LogP contribution in [0.4, 0.5) is 0 Å². The molecule has 1 atom stereocenters. The first-order valence-electron chi connectivity index (χ1n) is 5.42. The SMILES string of the molecule is CC(C)(CNC1CCS(=O)(=O)C1)NS(C)(=O)=O. The number of rotatable bonds is 5. The van der Waals surface area contributed by atoms with E-state index in [1.807, 2.05) is 0 Å². The van der Waals surface area contributed by atoms with E-state index in [1.165, 1.54) is 0 Å². The molecule has 0 aliphatic carbocycles. The smallest absolute Gasteiger partial charge is 0.209 e. The van der Waals surface area contributed by atoms with Crippen molar-refractivity contribution < 1.29 is 16.8 Å². The van der Waals surface area contributed by atoms with E-state index < -0.39 is 25.4 Å². The van der Waals surface area contributed by atoms with Crippen molar-refractivity contribution in [1.29, 1.82) is 0 Å². The maximum absolute atomic E-state index is 11.2. The van der Waals surface area contributed by atoms with Gasteiger partial charge in [0.2, 0.25) is 10.0 Å². The number of hydrogen-bond donors (Lipinski definition) is 2. The van der Waals surface area contributed by atoms with Crippen molar-refractivity contribution in [3.05, 3.63) is 0 Å². The molecule has 8 heteroatoms. The summed E-state index contributed by atoms with van der Waals surface area (Å²) in [5, 5.41) is 3.09. The van der Waals surface area contributed by atoms with Crippen molar-refractivity contribution in [3.63, 3.8) is 0 Å². The Balaban J connectivity index is 2.46. The van der Waals surface area contributed by atoms with Gasteiger partial charge in [-0.1, -0.05) is 0 Å². The zero-order chi connectivity index (χ0) is 13.3. The first-order chi connectivity index (χ1) is 7.49. The minimum Gasteiger partial charge on any atom is -0.311 e. The highest BCUT2D eigenvalue weighted by molar-refractivity contribution is 7.91. The second kappa shape index (κ2) is 4.83. The number of sulfone groups is 1. The molecule has 1 rings (SSSR count). The Labute approximate surface area is 103 Å². The van der Waals surface area contributed by atoms with E-state index in [1.54, 1.807) is 13.8 Å². The maximum Gasteiger partial charge on any atom is 0.209 e. The fourth-order valence-corrected chi connectivity index (χ4v) is 4.68. The molecule has 1 unspecified atom stereocenters. The second-order valence-electron chi connectivity index (χ2n) is 5.24. The molecule has 1 aliphatic heterocycles. The van der Waals surface area contributed by atoms with Gasteiger partial charge in [0, 0.05) is 18.1 Å². The molecule has 1 saturated heterocycles. The summed E-state index contributed by atoms with van der Waals surface area (Å²) in [5.41, 5.74) is -0.625. The van der Waals surface area contributed by atoms with Crippen LogP contribution in [0, 0.1) is 0 Å². The zero-order valence-electron chi connectivity index (χ0n) is 10.4.